The second-order valence-electron chi connectivity index (χ2n) is 5.40. The van der Waals surface area contributed by atoms with Crippen LogP contribution in [0.2, 0.25) is 0 Å². The summed E-state index contributed by atoms with van der Waals surface area (Å²) in [5.41, 5.74) is 4.11. The third kappa shape index (κ3) is 4.20. The molecule has 0 saturated carbocycles. The van der Waals surface area contributed by atoms with Crippen molar-refractivity contribution in [1.29, 1.82) is 0 Å². The Morgan fingerprint density at radius 2 is 2.04 bits per heavy atom. The first-order valence-corrected chi connectivity index (χ1v) is 8.59. The van der Waals surface area contributed by atoms with E-state index in [2.05, 4.69) is 10.3 Å². The zero-order valence-corrected chi connectivity index (χ0v) is 14.2. The lowest BCUT2D eigenvalue weighted by molar-refractivity contribution is -0.123. The van der Waals surface area contributed by atoms with Crippen LogP contribution in [0.3, 0.4) is 0 Å². The summed E-state index contributed by atoms with van der Waals surface area (Å²) in [4.78, 5) is 16.4. The second-order valence-corrected chi connectivity index (χ2v) is 6.18. The Morgan fingerprint density at radius 3 is 2.79 bits per heavy atom. The van der Waals surface area contributed by atoms with E-state index in [0.29, 0.717) is 12.3 Å². The van der Waals surface area contributed by atoms with Gasteiger partial charge in [0.05, 0.1) is 5.69 Å². The highest BCUT2D eigenvalue weighted by molar-refractivity contribution is 7.08. The van der Waals surface area contributed by atoms with Crippen molar-refractivity contribution in [1.82, 2.24) is 10.3 Å². The van der Waals surface area contributed by atoms with Crippen molar-refractivity contribution >= 4 is 17.2 Å². The standard InChI is InChI=1S/C19H18N2O2S/c1-14-4-6-17(7-5-14)23-12-18(22)21-11-15-3-2-9-20-19(15)16-8-10-24-13-16/h2-10,13H,11-12H2,1H3,(H,21,22). The molecule has 0 aliphatic rings. The van der Waals surface area contributed by atoms with E-state index in [-0.39, 0.29) is 12.5 Å². The highest BCUT2D eigenvalue weighted by atomic mass is 32.1. The van der Waals surface area contributed by atoms with Gasteiger partial charge >= 0.3 is 0 Å². The molecule has 1 amide bonds. The molecule has 3 aromatic rings. The molecule has 0 aliphatic heterocycles. The van der Waals surface area contributed by atoms with Gasteiger partial charge in [-0.1, -0.05) is 23.8 Å². The number of hydrogen-bond acceptors (Lipinski definition) is 4. The van der Waals surface area contributed by atoms with Crippen LogP contribution in [-0.2, 0) is 11.3 Å². The van der Waals surface area contributed by atoms with E-state index in [4.69, 9.17) is 4.74 Å². The van der Waals surface area contributed by atoms with Crippen molar-refractivity contribution in [3.8, 4) is 17.0 Å². The van der Waals surface area contributed by atoms with Gasteiger partial charge in [-0.05, 0) is 42.1 Å². The number of pyridine rings is 1. The summed E-state index contributed by atoms with van der Waals surface area (Å²) in [6.07, 6.45) is 1.76. The zero-order chi connectivity index (χ0) is 16.8. The highest BCUT2D eigenvalue weighted by Crippen LogP contribution is 2.23. The van der Waals surface area contributed by atoms with Crippen molar-refractivity contribution in [3.05, 3.63) is 70.5 Å². The SMILES string of the molecule is Cc1ccc(OCC(=O)NCc2cccnc2-c2ccsc2)cc1. The molecular weight excluding hydrogens is 320 g/mol. The monoisotopic (exact) mass is 338 g/mol. The van der Waals surface area contributed by atoms with Crippen molar-refractivity contribution in [3.63, 3.8) is 0 Å². The number of carbonyl (C=O) groups excluding carboxylic acids is 1. The Balaban J connectivity index is 1.56. The molecule has 4 nitrogen and oxygen atoms in total. The van der Waals surface area contributed by atoms with Gasteiger partial charge in [-0.25, -0.2) is 0 Å². The average molecular weight is 338 g/mol. The number of aromatic nitrogens is 1. The number of amides is 1. The predicted octanol–water partition coefficient (Wildman–Crippen LogP) is 3.81. The fraction of sp³-hybridized carbons (Fsp3) is 0.158. The summed E-state index contributed by atoms with van der Waals surface area (Å²) in [5, 5.41) is 6.95. The highest BCUT2D eigenvalue weighted by Gasteiger charge is 2.09. The summed E-state index contributed by atoms with van der Waals surface area (Å²) in [6, 6.07) is 13.5. The van der Waals surface area contributed by atoms with E-state index in [9.17, 15) is 4.79 Å². The normalized spacial score (nSPS) is 10.4. The van der Waals surface area contributed by atoms with Crippen LogP contribution in [0.25, 0.3) is 11.3 Å². The van der Waals surface area contributed by atoms with Crippen molar-refractivity contribution in [2.24, 2.45) is 0 Å². The Kier molecular flexibility index (Phi) is 5.23. The van der Waals surface area contributed by atoms with Crippen LogP contribution in [0, 0.1) is 6.92 Å². The predicted molar refractivity (Wildman–Crippen MR) is 96.1 cm³/mol. The fourth-order valence-electron chi connectivity index (χ4n) is 2.27. The minimum Gasteiger partial charge on any atom is -0.484 e. The van der Waals surface area contributed by atoms with E-state index in [1.165, 1.54) is 0 Å². The average Bonchev–Trinajstić information content (AvgIpc) is 3.14. The lowest BCUT2D eigenvalue weighted by atomic mass is 10.1. The minimum atomic E-state index is -0.157. The van der Waals surface area contributed by atoms with Crippen molar-refractivity contribution < 1.29 is 9.53 Å². The Bertz CT molecular complexity index is 798. The van der Waals surface area contributed by atoms with Crippen molar-refractivity contribution in [2.75, 3.05) is 6.61 Å². The lowest BCUT2D eigenvalue weighted by Gasteiger charge is -2.10. The van der Waals surface area contributed by atoms with Crippen LogP contribution in [0.1, 0.15) is 11.1 Å². The van der Waals surface area contributed by atoms with E-state index in [1.807, 2.05) is 60.1 Å². The molecule has 0 atom stereocenters. The summed E-state index contributed by atoms with van der Waals surface area (Å²) < 4.78 is 5.49. The van der Waals surface area contributed by atoms with Crippen LogP contribution in [0.4, 0.5) is 0 Å². The Hall–Kier alpha value is -2.66. The third-order valence-electron chi connectivity index (χ3n) is 3.55. The topological polar surface area (TPSA) is 51.2 Å². The smallest absolute Gasteiger partial charge is 0.258 e. The summed E-state index contributed by atoms with van der Waals surface area (Å²) >= 11 is 1.63. The number of rotatable bonds is 6. The lowest BCUT2D eigenvalue weighted by Crippen LogP contribution is -2.28. The quantitative estimate of drug-likeness (QED) is 0.743. The fourth-order valence-corrected chi connectivity index (χ4v) is 2.91. The molecule has 2 heterocycles. The molecule has 3 rings (SSSR count). The summed E-state index contributed by atoms with van der Waals surface area (Å²) in [7, 11) is 0. The maximum atomic E-state index is 12.0. The van der Waals surface area contributed by atoms with E-state index in [0.717, 1.165) is 22.4 Å². The van der Waals surface area contributed by atoms with Gasteiger partial charge in [0.2, 0.25) is 0 Å². The van der Waals surface area contributed by atoms with Crippen LogP contribution in [-0.4, -0.2) is 17.5 Å². The molecule has 5 heteroatoms. The third-order valence-corrected chi connectivity index (χ3v) is 4.24. The van der Waals surface area contributed by atoms with Gasteiger partial charge in [0, 0.05) is 23.7 Å². The number of aryl methyl sites for hydroxylation is 1. The maximum absolute atomic E-state index is 12.0. The number of benzene rings is 1. The Morgan fingerprint density at radius 1 is 1.21 bits per heavy atom. The molecule has 0 aliphatic carbocycles. The van der Waals surface area contributed by atoms with Gasteiger partial charge in [-0.3, -0.25) is 9.78 Å². The zero-order valence-electron chi connectivity index (χ0n) is 13.4. The van der Waals surface area contributed by atoms with E-state index < -0.39 is 0 Å². The summed E-state index contributed by atoms with van der Waals surface area (Å²) in [6.45, 7) is 2.43. The molecule has 0 saturated heterocycles. The van der Waals surface area contributed by atoms with Crippen LogP contribution in [0.5, 0.6) is 5.75 Å². The summed E-state index contributed by atoms with van der Waals surface area (Å²) in [5.74, 6) is 0.534. The molecule has 1 aromatic carbocycles. The molecule has 0 spiro atoms. The first kappa shape index (κ1) is 16.2. The van der Waals surface area contributed by atoms with E-state index in [1.54, 1.807) is 17.5 Å². The van der Waals surface area contributed by atoms with Gasteiger partial charge in [0.15, 0.2) is 6.61 Å². The van der Waals surface area contributed by atoms with Crippen LogP contribution < -0.4 is 10.1 Å². The number of thiophene rings is 1. The number of ether oxygens (including phenoxy) is 1. The number of nitrogens with one attached hydrogen (secondary N) is 1. The first-order chi connectivity index (χ1) is 11.7. The van der Waals surface area contributed by atoms with Gasteiger partial charge in [-0.2, -0.15) is 11.3 Å². The molecule has 0 bridgehead atoms. The van der Waals surface area contributed by atoms with Crippen LogP contribution in [0.15, 0.2) is 59.4 Å². The van der Waals surface area contributed by atoms with Crippen LogP contribution >= 0.6 is 11.3 Å². The molecule has 24 heavy (non-hydrogen) atoms. The number of nitrogens with zero attached hydrogens (tertiary/aromatic N) is 1. The van der Waals surface area contributed by atoms with Crippen molar-refractivity contribution in [2.45, 2.75) is 13.5 Å². The molecule has 2 aromatic heterocycles. The molecular formula is C19H18N2O2S. The largest absolute Gasteiger partial charge is 0.484 e. The van der Waals surface area contributed by atoms with Gasteiger partial charge in [-0.15, -0.1) is 0 Å². The minimum absolute atomic E-state index is 0.00287. The maximum Gasteiger partial charge on any atom is 0.258 e. The number of carbonyl (C=O) groups is 1. The second kappa shape index (κ2) is 7.75. The molecule has 0 unspecified atom stereocenters. The Labute approximate surface area is 145 Å². The molecule has 1 N–H and O–H groups in total. The van der Waals surface area contributed by atoms with E-state index >= 15 is 0 Å². The van der Waals surface area contributed by atoms with Gasteiger partial charge in [0.25, 0.3) is 5.91 Å². The van der Waals surface area contributed by atoms with Gasteiger partial charge < -0.3 is 10.1 Å². The molecule has 0 radical (unpaired) electrons. The first-order valence-electron chi connectivity index (χ1n) is 7.65. The molecule has 122 valence electrons. The molecule has 0 fully saturated rings. The van der Waals surface area contributed by atoms with Gasteiger partial charge in [0.1, 0.15) is 5.75 Å². The number of hydrogen-bond donors (Lipinski definition) is 1.